The Morgan fingerprint density at radius 2 is 1.90 bits per heavy atom. The first-order chi connectivity index (χ1) is 9.47. The maximum atomic E-state index is 5.99. The van der Waals surface area contributed by atoms with Crippen molar-refractivity contribution in [1.29, 1.82) is 0 Å². The minimum Gasteiger partial charge on any atom is -0.489 e. The zero-order valence-corrected chi connectivity index (χ0v) is 14.0. The van der Waals surface area contributed by atoms with Gasteiger partial charge in [-0.1, -0.05) is 51.3 Å². The van der Waals surface area contributed by atoms with Gasteiger partial charge in [0.1, 0.15) is 12.4 Å². The normalized spacial score (nSPS) is 12.2. The van der Waals surface area contributed by atoms with Crippen LogP contribution < -0.4 is 10.5 Å². The molecule has 2 aromatic rings. The fourth-order valence-corrected chi connectivity index (χ4v) is 2.46. The van der Waals surface area contributed by atoms with Crippen molar-refractivity contribution in [2.75, 3.05) is 0 Å². The minimum atomic E-state index is -0.0908. The third kappa shape index (κ3) is 3.89. The van der Waals surface area contributed by atoms with Crippen LogP contribution in [0, 0.1) is 0 Å². The lowest BCUT2D eigenvalue weighted by molar-refractivity contribution is 0.301. The van der Waals surface area contributed by atoms with Crippen LogP contribution in [0.25, 0.3) is 0 Å². The molecule has 1 atom stereocenters. The van der Waals surface area contributed by atoms with E-state index < -0.39 is 0 Å². The highest BCUT2D eigenvalue weighted by Crippen LogP contribution is 2.29. The topological polar surface area (TPSA) is 35.2 Å². The highest BCUT2D eigenvalue weighted by molar-refractivity contribution is 9.10. The summed E-state index contributed by atoms with van der Waals surface area (Å²) in [6.07, 6.45) is 0. The molecule has 0 aliphatic rings. The second kappa shape index (κ2) is 6.81. The number of hydrogen-bond donors (Lipinski definition) is 1. The Morgan fingerprint density at radius 3 is 2.55 bits per heavy atom. The number of hydrogen-bond acceptors (Lipinski definition) is 2. The van der Waals surface area contributed by atoms with Crippen LogP contribution in [-0.4, -0.2) is 0 Å². The molecule has 0 radical (unpaired) electrons. The van der Waals surface area contributed by atoms with Crippen molar-refractivity contribution in [3.63, 3.8) is 0 Å². The van der Waals surface area contributed by atoms with E-state index in [4.69, 9.17) is 33.7 Å². The van der Waals surface area contributed by atoms with Crippen molar-refractivity contribution in [1.82, 2.24) is 0 Å². The average Bonchev–Trinajstić information content (AvgIpc) is 2.40. The van der Waals surface area contributed by atoms with Gasteiger partial charge in [0.2, 0.25) is 0 Å². The minimum absolute atomic E-state index is 0.0908. The van der Waals surface area contributed by atoms with E-state index in [9.17, 15) is 0 Å². The number of halogens is 3. The van der Waals surface area contributed by atoms with E-state index in [0.717, 1.165) is 21.3 Å². The molecular formula is C15H14BrCl2NO. The first kappa shape index (κ1) is 15.6. The molecule has 0 unspecified atom stereocenters. The molecule has 0 saturated carbocycles. The van der Waals surface area contributed by atoms with Gasteiger partial charge in [0.25, 0.3) is 0 Å². The highest BCUT2D eigenvalue weighted by atomic mass is 79.9. The van der Waals surface area contributed by atoms with Crippen molar-refractivity contribution >= 4 is 39.1 Å². The Kier molecular flexibility index (Phi) is 5.33. The standard InChI is InChI=1S/C15H14BrCl2NO/c1-9(19)12-4-3-11(16)7-15(12)20-8-10-2-5-13(17)14(18)6-10/h2-7,9H,8,19H2,1H3/t9-/m1/s1. The second-order valence-electron chi connectivity index (χ2n) is 4.51. The summed E-state index contributed by atoms with van der Waals surface area (Å²) >= 11 is 15.3. The van der Waals surface area contributed by atoms with Gasteiger partial charge in [0.05, 0.1) is 10.0 Å². The first-order valence-electron chi connectivity index (χ1n) is 6.09. The zero-order chi connectivity index (χ0) is 14.7. The molecule has 0 aromatic heterocycles. The lowest BCUT2D eigenvalue weighted by Crippen LogP contribution is -2.08. The van der Waals surface area contributed by atoms with Crippen molar-refractivity contribution in [3.8, 4) is 5.75 Å². The van der Waals surface area contributed by atoms with Gasteiger partial charge < -0.3 is 10.5 Å². The summed E-state index contributed by atoms with van der Waals surface area (Å²) in [5.41, 5.74) is 7.86. The zero-order valence-electron chi connectivity index (χ0n) is 10.9. The van der Waals surface area contributed by atoms with Gasteiger partial charge in [-0.2, -0.15) is 0 Å². The Morgan fingerprint density at radius 1 is 1.15 bits per heavy atom. The predicted molar refractivity (Wildman–Crippen MR) is 87.5 cm³/mol. The predicted octanol–water partition coefficient (Wildman–Crippen LogP) is 5.35. The molecule has 0 aliphatic heterocycles. The molecule has 2 N–H and O–H groups in total. The quantitative estimate of drug-likeness (QED) is 0.782. The second-order valence-corrected chi connectivity index (χ2v) is 6.24. The molecule has 0 aliphatic carbocycles. The Labute approximate surface area is 137 Å². The third-order valence-corrected chi connectivity index (χ3v) is 4.08. The molecule has 2 nitrogen and oxygen atoms in total. The van der Waals surface area contributed by atoms with Crippen LogP contribution in [0.3, 0.4) is 0 Å². The van der Waals surface area contributed by atoms with E-state index in [-0.39, 0.29) is 6.04 Å². The molecule has 0 bridgehead atoms. The molecule has 0 saturated heterocycles. The lowest BCUT2D eigenvalue weighted by atomic mass is 10.1. The molecule has 2 aromatic carbocycles. The van der Waals surface area contributed by atoms with Crippen molar-refractivity contribution in [2.45, 2.75) is 19.6 Å². The summed E-state index contributed by atoms with van der Waals surface area (Å²) in [5.74, 6) is 0.764. The summed E-state index contributed by atoms with van der Waals surface area (Å²) < 4.78 is 6.80. The van der Waals surface area contributed by atoms with E-state index in [1.807, 2.05) is 31.2 Å². The van der Waals surface area contributed by atoms with Crippen LogP contribution in [0.4, 0.5) is 0 Å². The van der Waals surface area contributed by atoms with Crippen LogP contribution in [0.15, 0.2) is 40.9 Å². The summed E-state index contributed by atoms with van der Waals surface area (Å²) in [5, 5.41) is 1.06. The van der Waals surface area contributed by atoms with Crippen molar-refractivity contribution < 1.29 is 4.74 Å². The van der Waals surface area contributed by atoms with Gasteiger partial charge in [0, 0.05) is 16.1 Å². The van der Waals surface area contributed by atoms with Crippen LogP contribution in [0.1, 0.15) is 24.1 Å². The van der Waals surface area contributed by atoms with Gasteiger partial charge in [-0.3, -0.25) is 0 Å². The molecule has 20 heavy (non-hydrogen) atoms. The lowest BCUT2D eigenvalue weighted by Gasteiger charge is -2.14. The Balaban J connectivity index is 2.17. The average molecular weight is 375 g/mol. The first-order valence-corrected chi connectivity index (χ1v) is 7.64. The number of benzene rings is 2. The van der Waals surface area contributed by atoms with Gasteiger partial charge in [-0.05, 0) is 36.8 Å². The molecule has 0 amide bonds. The smallest absolute Gasteiger partial charge is 0.125 e. The van der Waals surface area contributed by atoms with E-state index in [1.54, 1.807) is 12.1 Å². The van der Waals surface area contributed by atoms with Crippen molar-refractivity contribution in [3.05, 3.63) is 62.0 Å². The maximum absolute atomic E-state index is 5.99. The Bertz CT molecular complexity index is 617. The molecule has 2 rings (SSSR count). The van der Waals surface area contributed by atoms with Gasteiger partial charge in [-0.15, -0.1) is 0 Å². The van der Waals surface area contributed by atoms with Crippen LogP contribution in [-0.2, 0) is 6.61 Å². The molecular weight excluding hydrogens is 361 g/mol. The summed E-state index contributed by atoms with van der Waals surface area (Å²) in [7, 11) is 0. The Hall–Kier alpha value is -0.740. The molecule has 0 heterocycles. The van der Waals surface area contributed by atoms with Crippen LogP contribution in [0.5, 0.6) is 5.75 Å². The van der Waals surface area contributed by atoms with Gasteiger partial charge in [-0.25, -0.2) is 0 Å². The number of rotatable bonds is 4. The molecule has 106 valence electrons. The number of nitrogens with two attached hydrogens (primary N) is 1. The SMILES string of the molecule is C[C@@H](N)c1ccc(Br)cc1OCc1ccc(Cl)c(Cl)c1. The largest absolute Gasteiger partial charge is 0.489 e. The van der Waals surface area contributed by atoms with Crippen LogP contribution >= 0.6 is 39.1 Å². The molecule has 5 heteroatoms. The van der Waals surface area contributed by atoms with Crippen molar-refractivity contribution in [2.24, 2.45) is 5.73 Å². The molecule has 0 fully saturated rings. The van der Waals surface area contributed by atoms with E-state index in [2.05, 4.69) is 15.9 Å². The molecule has 0 spiro atoms. The fourth-order valence-electron chi connectivity index (χ4n) is 1.80. The van der Waals surface area contributed by atoms with E-state index in [0.29, 0.717) is 16.7 Å². The maximum Gasteiger partial charge on any atom is 0.125 e. The van der Waals surface area contributed by atoms with E-state index in [1.165, 1.54) is 0 Å². The highest BCUT2D eigenvalue weighted by Gasteiger charge is 2.09. The summed E-state index contributed by atoms with van der Waals surface area (Å²) in [4.78, 5) is 0. The third-order valence-electron chi connectivity index (χ3n) is 2.84. The van der Waals surface area contributed by atoms with Crippen LogP contribution in [0.2, 0.25) is 10.0 Å². The van der Waals surface area contributed by atoms with Gasteiger partial charge >= 0.3 is 0 Å². The monoisotopic (exact) mass is 373 g/mol. The van der Waals surface area contributed by atoms with E-state index >= 15 is 0 Å². The number of ether oxygens (including phenoxy) is 1. The summed E-state index contributed by atoms with van der Waals surface area (Å²) in [6, 6.07) is 11.2. The summed E-state index contributed by atoms with van der Waals surface area (Å²) in [6.45, 7) is 2.34. The fraction of sp³-hybridized carbons (Fsp3) is 0.200. The van der Waals surface area contributed by atoms with Gasteiger partial charge in [0.15, 0.2) is 0 Å².